The van der Waals surface area contributed by atoms with Gasteiger partial charge in [-0.2, -0.15) is 0 Å². The van der Waals surface area contributed by atoms with Crippen molar-refractivity contribution >= 4 is 60.0 Å². The highest BCUT2D eigenvalue weighted by atomic mass is 16.6. The second-order valence-corrected chi connectivity index (χ2v) is 8.29. The Morgan fingerprint density at radius 1 is 0.682 bits per heavy atom. The first-order chi connectivity index (χ1) is 20.5. The molecule has 5 N–H and O–H groups in total. The van der Waals surface area contributed by atoms with Gasteiger partial charge in [0.05, 0.1) is 32.1 Å². The van der Waals surface area contributed by atoms with Gasteiger partial charge in [-0.05, 0) is 0 Å². The summed E-state index contributed by atoms with van der Waals surface area (Å²) in [4.78, 5) is 116. The Morgan fingerprint density at radius 3 is 1.73 bits per heavy atom. The minimum Gasteiger partial charge on any atom is -0.481 e. The normalized spacial score (nSPS) is 14.0. The maximum absolute atomic E-state index is 12.5. The number of carbonyl (C=O) groups is 10. The minimum absolute atomic E-state index is 0.179. The third-order valence-electron chi connectivity index (χ3n) is 4.75. The molecule has 0 amide bonds. The number of hydrogen-bond donors (Lipinski definition) is 5. The monoisotopic (exact) mass is 636 g/mol. The molecule has 0 aromatic carbocycles. The number of aliphatic carboxylic acids is 4. The van der Waals surface area contributed by atoms with Gasteiger partial charge in [0.15, 0.2) is 36.8 Å². The van der Waals surface area contributed by atoms with E-state index in [2.05, 4.69) is 0 Å². The van der Waals surface area contributed by atoms with Crippen molar-refractivity contribution in [2.75, 3.05) is 6.61 Å². The van der Waals surface area contributed by atoms with Crippen LogP contribution in [0.1, 0.15) is 39.0 Å². The zero-order valence-corrected chi connectivity index (χ0v) is 22.7. The van der Waals surface area contributed by atoms with E-state index in [-0.39, 0.29) is 12.4 Å². The summed E-state index contributed by atoms with van der Waals surface area (Å²) in [7, 11) is 0. The molecule has 0 heterocycles. The Kier molecular flexibility index (Phi) is 17.3. The van der Waals surface area contributed by atoms with Crippen molar-refractivity contribution in [1.82, 2.24) is 0 Å². The van der Waals surface area contributed by atoms with Crippen LogP contribution in [0.2, 0.25) is 0 Å². The predicted molar refractivity (Wildman–Crippen MR) is 131 cm³/mol. The van der Waals surface area contributed by atoms with E-state index in [0.717, 1.165) is 6.92 Å². The van der Waals surface area contributed by atoms with Gasteiger partial charge in [0.25, 0.3) is 0 Å². The molecule has 0 aromatic rings. The summed E-state index contributed by atoms with van der Waals surface area (Å²) in [6.45, 7) is -0.433. The zero-order valence-electron chi connectivity index (χ0n) is 22.7. The molecule has 0 rings (SSSR count). The van der Waals surface area contributed by atoms with Crippen LogP contribution in [0.3, 0.4) is 0 Å². The van der Waals surface area contributed by atoms with Crippen LogP contribution >= 0.6 is 0 Å². The maximum Gasteiger partial charge on any atom is 0.333 e. The number of aldehydes is 1. The van der Waals surface area contributed by atoms with Gasteiger partial charge in [-0.3, -0.25) is 33.6 Å². The fraction of sp³-hybridized carbons (Fsp3) is 0.500. The Bertz CT molecular complexity index is 1140. The topological polar surface area (TPSA) is 318 Å². The highest BCUT2D eigenvalue weighted by Gasteiger charge is 2.45. The summed E-state index contributed by atoms with van der Waals surface area (Å²) >= 11 is 0. The lowest BCUT2D eigenvalue weighted by Crippen LogP contribution is -2.54. The van der Waals surface area contributed by atoms with Crippen LogP contribution in [0.5, 0.6) is 0 Å². The average Bonchev–Trinajstić information content (AvgIpc) is 2.92. The van der Waals surface area contributed by atoms with Gasteiger partial charge in [-0.15, -0.1) is 0 Å². The van der Waals surface area contributed by atoms with E-state index in [1.54, 1.807) is 0 Å². The van der Waals surface area contributed by atoms with Crippen molar-refractivity contribution in [2.45, 2.75) is 69.5 Å². The molecule has 20 nitrogen and oxygen atoms in total. The molecule has 0 saturated heterocycles. The van der Waals surface area contributed by atoms with Gasteiger partial charge < -0.3 is 49.2 Å². The maximum atomic E-state index is 12.5. The summed E-state index contributed by atoms with van der Waals surface area (Å²) < 4.78 is 24.6. The SMILES string of the molecule is CC(=O)O[C@@H]([C@H](OC(=O)CC(O)C(=O)O)[C@@H](COC(=O)CCC(=O)O)OC(=O)/C=C/C(=O)O)[C@H](C=O)OC(=O)CCC(=O)O. The molecule has 5 atom stereocenters. The summed E-state index contributed by atoms with van der Waals surface area (Å²) in [5, 5.41) is 44.7. The number of hydrogen-bond acceptors (Lipinski definition) is 16. The van der Waals surface area contributed by atoms with Crippen LogP contribution in [0.4, 0.5) is 0 Å². The molecular weight excluding hydrogens is 608 g/mol. The van der Waals surface area contributed by atoms with Gasteiger partial charge in [-0.25, -0.2) is 14.4 Å². The van der Waals surface area contributed by atoms with Crippen LogP contribution in [-0.4, -0.2) is 123 Å². The molecule has 244 valence electrons. The molecule has 1 unspecified atom stereocenters. The van der Waals surface area contributed by atoms with E-state index in [1.165, 1.54) is 0 Å². The molecule has 0 aliphatic carbocycles. The molecular formula is C24H28O20. The number of carboxylic acid groups (broad SMARTS) is 4. The molecule has 0 fully saturated rings. The summed E-state index contributed by atoms with van der Waals surface area (Å²) in [5.74, 6) is -13.4. The fourth-order valence-electron chi connectivity index (χ4n) is 2.88. The summed E-state index contributed by atoms with van der Waals surface area (Å²) in [5.41, 5.74) is 0. The first-order valence-electron chi connectivity index (χ1n) is 12.1. The Balaban J connectivity index is 6.77. The van der Waals surface area contributed by atoms with Gasteiger partial charge in [0.2, 0.25) is 0 Å². The number of carbonyl (C=O) groups excluding carboxylic acids is 6. The van der Waals surface area contributed by atoms with Crippen molar-refractivity contribution < 1.29 is 97.2 Å². The molecule has 0 aliphatic heterocycles. The van der Waals surface area contributed by atoms with Crippen LogP contribution in [-0.2, 0) is 71.6 Å². The lowest BCUT2D eigenvalue weighted by Gasteiger charge is -2.34. The fourth-order valence-corrected chi connectivity index (χ4v) is 2.88. The van der Waals surface area contributed by atoms with Crippen molar-refractivity contribution in [1.29, 1.82) is 0 Å². The van der Waals surface area contributed by atoms with Crippen LogP contribution in [0.15, 0.2) is 12.2 Å². The van der Waals surface area contributed by atoms with E-state index < -0.39 is 123 Å². The summed E-state index contributed by atoms with van der Waals surface area (Å²) in [6.07, 6.45) is -15.4. The molecule has 44 heavy (non-hydrogen) atoms. The number of aliphatic hydroxyl groups excluding tert-OH is 1. The quantitative estimate of drug-likeness (QED) is 0.0379. The second kappa shape index (κ2) is 19.7. The third-order valence-corrected chi connectivity index (χ3v) is 4.75. The van der Waals surface area contributed by atoms with E-state index >= 15 is 0 Å². The number of aliphatic hydroxyl groups is 1. The van der Waals surface area contributed by atoms with E-state index in [4.69, 9.17) is 44.1 Å². The van der Waals surface area contributed by atoms with Gasteiger partial charge >= 0.3 is 53.7 Å². The first kappa shape index (κ1) is 38.6. The Morgan fingerprint density at radius 2 is 1.25 bits per heavy atom. The molecule has 20 heteroatoms. The van der Waals surface area contributed by atoms with Crippen molar-refractivity contribution in [3.63, 3.8) is 0 Å². The molecule has 0 aliphatic rings. The van der Waals surface area contributed by atoms with Crippen LogP contribution in [0.25, 0.3) is 0 Å². The van der Waals surface area contributed by atoms with Crippen LogP contribution < -0.4 is 0 Å². The summed E-state index contributed by atoms with van der Waals surface area (Å²) in [6, 6.07) is 0. The molecule has 0 spiro atoms. The Hall–Kier alpha value is -5.40. The number of carboxylic acids is 4. The molecule has 0 bridgehead atoms. The smallest absolute Gasteiger partial charge is 0.333 e. The molecule has 0 saturated carbocycles. The lowest BCUT2D eigenvalue weighted by atomic mass is 10.0. The number of rotatable bonds is 21. The van der Waals surface area contributed by atoms with E-state index in [9.17, 15) is 53.1 Å². The average molecular weight is 636 g/mol. The third kappa shape index (κ3) is 16.8. The molecule has 0 aromatic heterocycles. The first-order valence-corrected chi connectivity index (χ1v) is 12.1. The van der Waals surface area contributed by atoms with Crippen LogP contribution in [0, 0.1) is 0 Å². The van der Waals surface area contributed by atoms with E-state index in [1.807, 2.05) is 0 Å². The zero-order chi connectivity index (χ0) is 34.0. The predicted octanol–water partition coefficient (Wildman–Crippen LogP) is -2.40. The highest BCUT2D eigenvalue weighted by molar-refractivity contribution is 5.91. The van der Waals surface area contributed by atoms with Gasteiger partial charge in [-0.1, -0.05) is 0 Å². The minimum atomic E-state index is -2.38. The second-order valence-electron chi connectivity index (χ2n) is 8.29. The van der Waals surface area contributed by atoms with E-state index in [0.29, 0.717) is 6.08 Å². The standard InChI is InChI=1S/C24H28O20/c1-11(26)41-22(13(9-25)42-19(35)6-3-16(30)31)23(44-21(37)8-12(27)24(38)39)14(43-20(36)7-4-17(32)33)10-40-18(34)5-2-15(28)29/h4,7,9,12-14,22-23,27H,2-3,5-6,8,10H2,1H3,(H,28,29)(H,30,31)(H,32,33)(H,38,39)/b7-4+/t12?,13-,14+,22+,23+/m0/s1. The van der Waals surface area contributed by atoms with Crippen molar-refractivity contribution in [3.8, 4) is 0 Å². The van der Waals surface area contributed by atoms with Gasteiger partial charge in [0.1, 0.15) is 6.61 Å². The molecule has 0 radical (unpaired) electrons. The lowest BCUT2D eigenvalue weighted by molar-refractivity contribution is -0.203. The largest absolute Gasteiger partial charge is 0.481 e. The highest BCUT2D eigenvalue weighted by Crippen LogP contribution is 2.21. The van der Waals surface area contributed by atoms with Crippen molar-refractivity contribution in [2.24, 2.45) is 0 Å². The number of esters is 5. The van der Waals surface area contributed by atoms with Gasteiger partial charge in [0, 0.05) is 19.1 Å². The number of ether oxygens (including phenoxy) is 5. The van der Waals surface area contributed by atoms with Crippen molar-refractivity contribution in [3.05, 3.63) is 12.2 Å². The Labute approximate surface area is 246 Å².